The number of nitrogens with zero attached hydrogens (tertiary/aromatic N) is 3. The lowest BCUT2D eigenvalue weighted by Gasteiger charge is -2.15. The number of hydrogen-bond acceptors (Lipinski definition) is 5. The average Bonchev–Trinajstić information content (AvgIpc) is 3.29. The molecule has 4 rings (SSSR count). The van der Waals surface area contributed by atoms with E-state index in [4.69, 9.17) is 0 Å². The van der Waals surface area contributed by atoms with Gasteiger partial charge in [0.2, 0.25) is 0 Å². The summed E-state index contributed by atoms with van der Waals surface area (Å²) in [5.74, 6) is 0.805. The molecule has 0 bridgehead atoms. The third-order valence-electron chi connectivity index (χ3n) is 4.95. The number of carbonyl (C=O) groups excluding carboxylic acids is 1. The fourth-order valence-corrected chi connectivity index (χ4v) is 3.31. The lowest BCUT2D eigenvalue weighted by Crippen LogP contribution is -2.19. The maximum Gasteiger partial charge on any atom is 0.255 e. The van der Waals surface area contributed by atoms with Crippen molar-refractivity contribution < 1.29 is 4.79 Å². The number of rotatable bonds is 5. The van der Waals surface area contributed by atoms with E-state index in [-0.39, 0.29) is 5.91 Å². The molecule has 1 aromatic heterocycles. The van der Waals surface area contributed by atoms with Crippen LogP contribution in [0.3, 0.4) is 0 Å². The topological polar surface area (TPSA) is 70.2 Å². The average molecular weight is 373 g/mol. The molecule has 1 saturated heterocycles. The zero-order valence-corrected chi connectivity index (χ0v) is 15.9. The first-order valence-electron chi connectivity index (χ1n) is 9.51. The van der Waals surface area contributed by atoms with Gasteiger partial charge in [-0.3, -0.25) is 4.79 Å². The molecule has 6 heteroatoms. The van der Waals surface area contributed by atoms with E-state index in [1.165, 1.54) is 12.8 Å². The monoisotopic (exact) mass is 373 g/mol. The normalized spacial score (nSPS) is 13.4. The standard InChI is InChI=1S/C22H23N5O/c1-23-18-8-6-17(7-9-18)22(28)24-19-10-4-16(5-11-19)20-12-13-21(26-25-20)27-14-2-3-15-27/h4-13,23H,2-3,14-15H2,1H3,(H,24,28). The molecule has 1 fully saturated rings. The first-order chi connectivity index (χ1) is 13.7. The van der Waals surface area contributed by atoms with Gasteiger partial charge in [-0.1, -0.05) is 12.1 Å². The number of anilines is 3. The summed E-state index contributed by atoms with van der Waals surface area (Å²) >= 11 is 0. The summed E-state index contributed by atoms with van der Waals surface area (Å²) in [7, 11) is 1.85. The molecule has 0 unspecified atom stereocenters. The van der Waals surface area contributed by atoms with Crippen molar-refractivity contribution in [2.24, 2.45) is 0 Å². The van der Waals surface area contributed by atoms with E-state index >= 15 is 0 Å². The lowest BCUT2D eigenvalue weighted by atomic mass is 10.1. The van der Waals surface area contributed by atoms with E-state index in [1.807, 2.05) is 55.6 Å². The molecule has 0 saturated carbocycles. The molecule has 2 N–H and O–H groups in total. The maximum atomic E-state index is 12.4. The van der Waals surface area contributed by atoms with Gasteiger partial charge in [0, 0.05) is 42.6 Å². The summed E-state index contributed by atoms with van der Waals surface area (Å²) in [6.45, 7) is 2.11. The third kappa shape index (κ3) is 3.96. The molecule has 142 valence electrons. The van der Waals surface area contributed by atoms with E-state index in [0.717, 1.165) is 41.5 Å². The lowest BCUT2D eigenvalue weighted by molar-refractivity contribution is 0.102. The van der Waals surface area contributed by atoms with E-state index in [9.17, 15) is 4.79 Å². The van der Waals surface area contributed by atoms with Gasteiger partial charge in [0.1, 0.15) is 0 Å². The fraction of sp³-hybridized carbons (Fsp3) is 0.227. The van der Waals surface area contributed by atoms with E-state index in [2.05, 4.69) is 25.7 Å². The molecule has 1 aliphatic rings. The Balaban J connectivity index is 1.42. The molecule has 1 amide bonds. The van der Waals surface area contributed by atoms with Crippen molar-refractivity contribution in [3.05, 3.63) is 66.2 Å². The summed E-state index contributed by atoms with van der Waals surface area (Å²) in [4.78, 5) is 14.6. The number of hydrogen-bond donors (Lipinski definition) is 2. The van der Waals surface area contributed by atoms with Crippen molar-refractivity contribution in [1.29, 1.82) is 0 Å². The minimum absolute atomic E-state index is 0.134. The Morgan fingerprint density at radius 1 is 0.857 bits per heavy atom. The Morgan fingerprint density at radius 3 is 2.14 bits per heavy atom. The van der Waals surface area contributed by atoms with Crippen LogP contribution in [-0.2, 0) is 0 Å². The summed E-state index contributed by atoms with van der Waals surface area (Å²) in [6.07, 6.45) is 2.44. The SMILES string of the molecule is CNc1ccc(C(=O)Nc2ccc(-c3ccc(N4CCCC4)nn3)cc2)cc1. The van der Waals surface area contributed by atoms with E-state index < -0.39 is 0 Å². The first kappa shape index (κ1) is 18.0. The number of carbonyl (C=O) groups is 1. The van der Waals surface area contributed by atoms with Gasteiger partial charge < -0.3 is 15.5 Å². The Morgan fingerprint density at radius 2 is 1.54 bits per heavy atom. The van der Waals surface area contributed by atoms with Crippen LogP contribution in [0.25, 0.3) is 11.3 Å². The molecule has 0 aliphatic carbocycles. The van der Waals surface area contributed by atoms with Crippen LogP contribution in [0.5, 0.6) is 0 Å². The van der Waals surface area contributed by atoms with Gasteiger partial charge >= 0.3 is 0 Å². The highest BCUT2D eigenvalue weighted by molar-refractivity contribution is 6.04. The molecule has 2 heterocycles. The van der Waals surface area contributed by atoms with Crippen molar-refractivity contribution in [2.45, 2.75) is 12.8 Å². The summed E-state index contributed by atoms with van der Waals surface area (Å²) in [6, 6.07) is 19.0. The molecule has 0 atom stereocenters. The van der Waals surface area contributed by atoms with E-state index in [1.54, 1.807) is 12.1 Å². The van der Waals surface area contributed by atoms with Crippen LogP contribution in [0.2, 0.25) is 0 Å². The summed E-state index contributed by atoms with van der Waals surface area (Å²) in [5, 5.41) is 14.7. The molecule has 1 aliphatic heterocycles. The highest BCUT2D eigenvalue weighted by atomic mass is 16.1. The van der Waals surface area contributed by atoms with Crippen LogP contribution in [0, 0.1) is 0 Å². The van der Waals surface area contributed by atoms with Gasteiger partial charge in [-0.15, -0.1) is 10.2 Å². The number of amides is 1. The quantitative estimate of drug-likeness (QED) is 0.706. The molecule has 2 aromatic carbocycles. The van der Waals surface area contributed by atoms with Gasteiger partial charge in [-0.05, 0) is 61.4 Å². The second kappa shape index (κ2) is 8.08. The predicted octanol–water partition coefficient (Wildman–Crippen LogP) is 4.04. The fourth-order valence-electron chi connectivity index (χ4n) is 3.31. The van der Waals surface area contributed by atoms with Gasteiger partial charge in [0.25, 0.3) is 5.91 Å². The van der Waals surface area contributed by atoms with Crippen LogP contribution >= 0.6 is 0 Å². The predicted molar refractivity (Wildman–Crippen MR) is 113 cm³/mol. The molecular weight excluding hydrogens is 350 g/mol. The zero-order chi connectivity index (χ0) is 19.3. The molecule has 28 heavy (non-hydrogen) atoms. The number of benzene rings is 2. The van der Waals surface area contributed by atoms with Crippen molar-refractivity contribution in [3.63, 3.8) is 0 Å². The number of nitrogens with one attached hydrogen (secondary N) is 2. The van der Waals surface area contributed by atoms with Gasteiger partial charge in [-0.2, -0.15) is 0 Å². The highest BCUT2D eigenvalue weighted by Crippen LogP contribution is 2.22. The van der Waals surface area contributed by atoms with Crippen molar-refractivity contribution in [2.75, 3.05) is 35.7 Å². The first-order valence-corrected chi connectivity index (χ1v) is 9.51. The zero-order valence-electron chi connectivity index (χ0n) is 15.9. The minimum Gasteiger partial charge on any atom is -0.388 e. The van der Waals surface area contributed by atoms with Gasteiger partial charge in [-0.25, -0.2) is 0 Å². The smallest absolute Gasteiger partial charge is 0.255 e. The summed E-state index contributed by atoms with van der Waals surface area (Å²) < 4.78 is 0. The van der Waals surface area contributed by atoms with Gasteiger partial charge in [0.15, 0.2) is 5.82 Å². The van der Waals surface area contributed by atoms with Crippen molar-refractivity contribution in [3.8, 4) is 11.3 Å². The minimum atomic E-state index is -0.134. The second-order valence-electron chi connectivity index (χ2n) is 6.83. The molecule has 0 spiro atoms. The number of aromatic nitrogens is 2. The van der Waals surface area contributed by atoms with Gasteiger partial charge in [0.05, 0.1) is 5.69 Å². The highest BCUT2D eigenvalue weighted by Gasteiger charge is 2.14. The second-order valence-corrected chi connectivity index (χ2v) is 6.83. The van der Waals surface area contributed by atoms with Crippen molar-refractivity contribution >= 4 is 23.1 Å². The van der Waals surface area contributed by atoms with Crippen LogP contribution in [0.4, 0.5) is 17.2 Å². The molecule has 0 radical (unpaired) electrons. The molecule has 3 aromatic rings. The third-order valence-corrected chi connectivity index (χ3v) is 4.95. The largest absolute Gasteiger partial charge is 0.388 e. The Hall–Kier alpha value is -3.41. The van der Waals surface area contributed by atoms with Crippen LogP contribution in [-0.4, -0.2) is 36.2 Å². The van der Waals surface area contributed by atoms with E-state index in [0.29, 0.717) is 5.56 Å². The molecule has 6 nitrogen and oxygen atoms in total. The Kier molecular flexibility index (Phi) is 5.19. The van der Waals surface area contributed by atoms with Crippen LogP contribution in [0.15, 0.2) is 60.7 Å². The summed E-state index contributed by atoms with van der Waals surface area (Å²) in [5.41, 5.74) is 4.12. The molecular formula is C22H23N5O. The maximum absolute atomic E-state index is 12.4. The van der Waals surface area contributed by atoms with Crippen molar-refractivity contribution in [1.82, 2.24) is 10.2 Å². The van der Waals surface area contributed by atoms with Crippen LogP contribution in [0.1, 0.15) is 23.2 Å². The van der Waals surface area contributed by atoms with Crippen LogP contribution < -0.4 is 15.5 Å². The Bertz CT molecular complexity index is 930. The Labute approximate surface area is 164 Å².